The highest BCUT2D eigenvalue weighted by Crippen LogP contribution is 2.56. The van der Waals surface area contributed by atoms with Gasteiger partial charge in [0.25, 0.3) is 6.71 Å². The second kappa shape index (κ2) is 16.4. The maximum atomic E-state index is 5.02. The van der Waals surface area contributed by atoms with Gasteiger partial charge in [0.15, 0.2) is 0 Å². The Balaban J connectivity index is 1.27. The van der Waals surface area contributed by atoms with E-state index >= 15 is 0 Å². The van der Waals surface area contributed by atoms with Gasteiger partial charge < -0.3 is 10.2 Å². The van der Waals surface area contributed by atoms with Crippen LogP contribution in [-0.4, -0.2) is 12.8 Å². The van der Waals surface area contributed by atoms with E-state index in [-0.39, 0.29) is 45.7 Å². The van der Waals surface area contributed by atoms with Crippen molar-refractivity contribution < 1.29 is 0 Å². The maximum Gasteiger partial charge on any atom is 0.257 e. The number of fused-ring (bicyclic) bond motifs is 6. The quantitative estimate of drug-likeness (QED) is 0.0900. The molecule has 1 aromatic heterocycles. The van der Waals surface area contributed by atoms with Gasteiger partial charge in [-0.15, -0.1) is 17.9 Å². The van der Waals surface area contributed by atoms with Crippen LogP contribution in [0.25, 0.3) is 26.4 Å². The van der Waals surface area contributed by atoms with Crippen molar-refractivity contribution in [3.8, 4) is 0 Å². The van der Waals surface area contributed by atoms with Gasteiger partial charge in [-0.2, -0.15) is 0 Å². The number of benzene rings is 4. The summed E-state index contributed by atoms with van der Waals surface area (Å²) >= 11 is 2.05. The molecule has 2 atom stereocenters. The molecule has 4 aliphatic carbocycles. The Morgan fingerprint density at radius 1 is 0.809 bits per heavy atom. The fourth-order valence-electron chi connectivity index (χ4n) is 13.4. The molecular formula is C64H77BN2S. The first kappa shape index (κ1) is 46.9. The van der Waals surface area contributed by atoms with Gasteiger partial charge in [-0.05, 0) is 184 Å². The lowest BCUT2D eigenvalue weighted by atomic mass is 9.35. The van der Waals surface area contributed by atoms with Gasteiger partial charge in [0.1, 0.15) is 0 Å². The van der Waals surface area contributed by atoms with Gasteiger partial charge in [0.2, 0.25) is 0 Å². The van der Waals surface area contributed by atoms with Gasteiger partial charge in [0.05, 0.1) is 11.7 Å². The third kappa shape index (κ3) is 7.31. The molecular weight excluding hydrogens is 840 g/mol. The second-order valence-corrected chi connectivity index (χ2v) is 25.8. The van der Waals surface area contributed by atoms with Gasteiger partial charge in [-0.3, -0.25) is 0 Å². The summed E-state index contributed by atoms with van der Waals surface area (Å²) < 4.78 is 2.83. The second-order valence-electron chi connectivity index (χ2n) is 24.7. The van der Waals surface area contributed by atoms with Crippen molar-refractivity contribution in [3.63, 3.8) is 0 Å². The molecule has 5 aromatic rings. The van der Waals surface area contributed by atoms with Crippen LogP contribution >= 0.6 is 11.3 Å². The van der Waals surface area contributed by atoms with Gasteiger partial charge in [-0.1, -0.05) is 149 Å². The smallest absolute Gasteiger partial charge is 0.257 e. The van der Waals surface area contributed by atoms with Gasteiger partial charge in [0, 0.05) is 37.9 Å². The molecule has 0 saturated carbocycles. The van der Waals surface area contributed by atoms with Crippen molar-refractivity contribution in [1.29, 1.82) is 0 Å². The molecule has 0 radical (unpaired) electrons. The standard InChI is InChI=1S/C64H77BN2S/c1-16-19-20-25-43(17-2)66-58-45-35-47-50(63(12,13)31-28-60(47,6)7)38-56(45)68-59(58)65-51-27-26-39(4)32-54(51)67(55-37-49-48(36-52(55)65)61(8,9)29-30-62(49,10)11)53(18-3)57-40(5)44-33-41-23-21-22-24-42(41)34-46(44)64(57,14)15/h17-18,20-25,32-38,53,57,66H,3,5,16,19,26-31H2,1-2,4,6-15H3/b25-20-,43-17+. The summed E-state index contributed by atoms with van der Waals surface area (Å²) in [4.78, 5) is 2.78. The minimum Gasteiger partial charge on any atom is -0.355 e. The molecule has 352 valence electrons. The summed E-state index contributed by atoms with van der Waals surface area (Å²) in [5.41, 5.74) is 19.7. The lowest BCUT2D eigenvalue weighted by Gasteiger charge is -2.49. The molecule has 2 unspecified atom stereocenters. The Morgan fingerprint density at radius 2 is 1.41 bits per heavy atom. The van der Waals surface area contributed by atoms with E-state index in [0.717, 1.165) is 31.4 Å². The summed E-state index contributed by atoms with van der Waals surface area (Å²) in [6.45, 7) is 41.5. The minimum atomic E-state index is -0.187. The molecule has 1 N–H and O–H groups in total. The minimum absolute atomic E-state index is 0.0350. The lowest BCUT2D eigenvalue weighted by molar-refractivity contribution is 0.332. The van der Waals surface area contributed by atoms with E-state index < -0.39 is 0 Å². The molecule has 0 saturated heterocycles. The number of thiophene rings is 1. The molecule has 2 nitrogen and oxygen atoms in total. The molecule has 1 aliphatic heterocycles. The first-order valence-corrected chi connectivity index (χ1v) is 26.9. The van der Waals surface area contributed by atoms with Crippen LogP contribution in [-0.2, 0) is 27.1 Å². The third-order valence-corrected chi connectivity index (χ3v) is 19.1. The molecule has 0 amide bonds. The fourth-order valence-corrected chi connectivity index (χ4v) is 14.8. The van der Waals surface area contributed by atoms with Gasteiger partial charge >= 0.3 is 0 Å². The van der Waals surface area contributed by atoms with E-state index in [4.69, 9.17) is 13.2 Å². The Morgan fingerprint density at radius 3 is 2.03 bits per heavy atom. The van der Waals surface area contributed by atoms with E-state index in [1.165, 1.54) is 124 Å². The SMILES string of the molecule is C=CC(C1C(=C)c2cc3ccccc3cc2C1(C)C)N1C2=C(CCC(C)=C2)B(c2sc3cc4c(cc3c2NC(/C=C\CCC)=C/C)C(C)(C)CCC4(C)C)c2cc3c(cc21)C(C)(C)CCC3(C)C. The highest BCUT2D eigenvalue weighted by Gasteiger charge is 2.51. The number of anilines is 2. The fraction of sp³-hybridized carbons (Fsp3) is 0.438. The maximum absolute atomic E-state index is 5.02. The number of nitrogens with zero attached hydrogens (tertiary/aromatic N) is 1. The first-order chi connectivity index (χ1) is 32.1. The van der Waals surface area contributed by atoms with Crippen LogP contribution in [0.5, 0.6) is 0 Å². The topological polar surface area (TPSA) is 15.3 Å². The molecule has 0 fully saturated rings. The van der Waals surface area contributed by atoms with E-state index in [2.05, 4.69) is 203 Å². The van der Waals surface area contributed by atoms with Crippen LogP contribution in [0.4, 0.5) is 11.4 Å². The number of allylic oxidation sites excluding steroid dienone is 6. The molecule has 68 heavy (non-hydrogen) atoms. The Hall–Kier alpha value is -4.80. The molecule has 4 aromatic carbocycles. The van der Waals surface area contributed by atoms with E-state index in [9.17, 15) is 0 Å². The zero-order chi connectivity index (χ0) is 48.5. The average Bonchev–Trinajstić information content (AvgIpc) is 3.73. The Labute approximate surface area is 414 Å². The van der Waals surface area contributed by atoms with Crippen LogP contribution < -0.4 is 20.5 Å². The Kier molecular flexibility index (Phi) is 11.3. The predicted octanol–water partition coefficient (Wildman–Crippen LogP) is 16.6. The largest absolute Gasteiger partial charge is 0.355 e. The predicted molar refractivity (Wildman–Crippen MR) is 301 cm³/mol. The van der Waals surface area contributed by atoms with Crippen molar-refractivity contribution in [2.75, 3.05) is 10.2 Å². The van der Waals surface area contributed by atoms with Crippen LogP contribution in [0, 0.1) is 5.92 Å². The van der Waals surface area contributed by atoms with Crippen molar-refractivity contribution in [1.82, 2.24) is 0 Å². The van der Waals surface area contributed by atoms with Gasteiger partial charge in [-0.25, -0.2) is 0 Å². The summed E-state index contributed by atoms with van der Waals surface area (Å²) in [6, 6.07) is 24.3. The summed E-state index contributed by atoms with van der Waals surface area (Å²) in [7, 11) is 0. The van der Waals surface area contributed by atoms with Crippen LogP contribution in [0.1, 0.15) is 175 Å². The highest BCUT2D eigenvalue weighted by molar-refractivity contribution is 7.32. The molecule has 2 heterocycles. The molecule has 0 bridgehead atoms. The lowest BCUT2D eigenvalue weighted by Crippen LogP contribution is -2.56. The molecule has 4 heteroatoms. The number of nitrogens with one attached hydrogen (secondary N) is 1. The monoisotopic (exact) mass is 917 g/mol. The number of rotatable bonds is 9. The van der Waals surface area contributed by atoms with Crippen molar-refractivity contribution in [2.24, 2.45) is 5.92 Å². The van der Waals surface area contributed by atoms with E-state index in [0.29, 0.717) is 0 Å². The summed E-state index contributed by atoms with van der Waals surface area (Å²) in [5, 5.41) is 8.13. The summed E-state index contributed by atoms with van der Waals surface area (Å²) in [5.74, 6) is 0.104. The van der Waals surface area contributed by atoms with Crippen molar-refractivity contribution in [2.45, 2.75) is 174 Å². The zero-order valence-electron chi connectivity index (χ0n) is 43.8. The number of hydrogen-bond acceptors (Lipinski definition) is 3. The Bertz CT molecular complexity index is 3060. The molecule has 5 aliphatic rings. The van der Waals surface area contributed by atoms with Crippen molar-refractivity contribution in [3.05, 3.63) is 160 Å². The molecule has 0 spiro atoms. The van der Waals surface area contributed by atoms with Crippen LogP contribution in [0.3, 0.4) is 0 Å². The van der Waals surface area contributed by atoms with Crippen LogP contribution in [0.15, 0.2) is 127 Å². The number of hydrogen-bond donors (Lipinski definition) is 1. The zero-order valence-corrected chi connectivity index (χ0v) is 44.6. The number of unbranched alkanes of at least 4 members (excludes halogenated alkanes) is 1. The summed E-state index contributed by atoms with van der Waals surface area (Å²) in [6.07, 6.45) is 20.8. The highest BCUT2D eigenvalue weighted by atomic mass is 32.1. The average molecular weight is 917 g/mol. The van der Waals surface area contributed by atoms with Crippen LogP contribution in [0.2, 0.25) is 0 Å². The first-order valence-electron chi connectivity index (χ1n) is 26.1. The third-order valence-electron chi connectivity index (χ3n) is 17.9. The van der Waals surface area contributed by atoms with E-state index in [1.807, 2.05) is 0 Å². The van der Waals surface area contributed by atoms with E-state index in [1.54, 1.807) is 0 Å². The molecule has 10 rings (SSSR count). The van der Waals surface area contributed by atoms with Crippen molar-refractivity contribution >= 4 is 66.1 Å². The normalized spacial score (nSPS) is 22.4.